The maximum atomic E-state index is 12.6. The van der Waals surface area contributed by atoms with Crippen molar-refractivity contribution >= 4 is 28.7 Å². The molecule has 1 atom stereocenters. The minimum Gasteiger partial charge on any atom is -0.478 e. The zero-order valence-corrected chi connectivity index (χ0v) is 16.5. The quantitative estimate of drug-likeness (QED) is 0.549. The van der Waals surface area contributed by atoms with Gasteiger partial charge in [-0.3, -0.25) is 4.79 Å². The van der Waals surface area contributed by atoms with Gasteiger partial charge in [0.15, 0.2) is 0 Å². The number of carbonyl (C=O) groups excluding carboxylic acids is 1. The van der Waals surface area contributed by atoms with Crippen molar-refractivity contribution < 1.29 is 14.7 Å². The number of anilines is 1. The molecule has 0 radical (unpaired) electrons. The molecule has 0 spiro atoms. The topological polar surface area (TPSA) is 102 Å². The number of amides is 1. The standard InChI is InChI=1S/C22H19N5O3/c1-12-19-15(13-7-9-14(10-8-13)21(29)30)11-18(28)24-20(19)27(25-12)22-23-16-5-3-4-6-17(16)26(22)2/h3-10,15H,11H2,1-2H3,(H,24,28)(H,29,30)/t15-/m1/s1. The maximum Gasteiger partial charge on any atom is 0.335 e. The number of hydrogen-bond donors (Lipinski definition) is 2. The van der Waals surface area contributed by atoms with Crippen molar-refractivity contribution in [3.8, 4) is 5.95 Å². The molecule has 4 aromatic rings. The number of hydrogen-bond acceptors (Lipinski definition) is 4. The monoisotopic (exact) mass is 401 g/mol. The Kier molecular flexibility index (Phi) is 3.95. The molecule has 0 fully saturated rings. The van der Waals surface area contributed by atoms with E-state index in [1.807, 2.05) is 42.8 Å². The van der Waals surface area contributed by atoms with Crippen LogP contribution in [-0.2, 0) is 11.8 Å². The molecule has 5 rings (SSSR count). The number of nitrogens with one attached hydrogen (secondary N) is 1. The van der Waals surface area contributed by atoms with Crippen molar-refractivity contribution in [2.24, 2.45) is 7.05 Å². The number of carbonyl (C=O) groups is 2. The summed E-state index contributed by atoms with van der Waals surface area (Å²) in [5.41, 5.74) is 4.63. The van der Waals surface area contributed by atoms with Gasteiger partial charge in [0, 0.05) is 24.9 Å². The normalized spacial score (nSPS) is 15.8. The molecule has 2 aromatic carbocycles. The molecule has 0 saturated carbocycles. The van der Waals surface area contributed by atoms with E-state index in [1.165, 1.54) is 0 Å². The highest BCUT2D eigenvalue weighted by Gasteiger charge is 2.33. The first-order valence-corrected chi connectivity index (χ1v) is 9.58. The summed E-state index contributed by atoms with van der Waals surface area (Å²) < 4.78 is 3.62. The molecule has 0 saturated heterocycles. The Morgan fingerprint density at radius 3 is 2.60 bits per heavy atom. The molecule has 3 heterocycles. The maximum absolute atomic E-state index is 12.6. The summed E-state index contributed by atoms with van der Waals surface area (Å²) in [6.07, 6.45) is 0.272. The lowest BCUT2D eigenvalue weighted by Crippen LogP contribution is -2.25. The third-order valence-corrected chi connectivity index (χ3v) is 5.62. The number of benzene rings is 2. The van der Waals surface area contributed by atoms with Crippen molar-refractivity contribution in [2.75, 3.05) is 5.32 Å². The van der Waals surface area contributed by atoms with Crippen LogP contribution in [0.5, 0.6) is 0 Å². The van der Waals surface area contributed by atoms with Gasteiger partial charge in [0.05, 0.1) is 22.3 Å². The zero-order valence-electron chi connectivity index (χ0n) is 16.5. The highest BCUT2D eigenvalue weighted by atomic mass is 16.4. The number of aromatic nitrogens is 4. The minimum absolute atomic E-state index is 0.116. The number of aromatic carboxylic acids is 1. The predicted octanol–water partition coefficient (Wildman–Crippen LogP) is 3.24. The zero-order chi connectivity index (χ0) is 21.0. The fourth-order valence-electron chi connectivity index (χ4n) is 4.16. The number of carboxylic acid groups (broad SMARTS) is 1. The molecular formula is C22H19N5O3. The molecule has 8 nitrogen and oxygen atoms in total. The van der Waals surface area contributed by atoms with Gasteiger partial charge in [0.25, 0.3) is 0 Å². The van der Waals surface area contributed by atoms with Gasteiger partial charge in [-0.1, -0.05) is 24.3 Å². The molecule has 8 heteroatoms. The smallest absolute Gasteiger partial charge is 0.335 e. The highest BCUT2D eigenvalue weighted by Crippen LogP contribution is 2.40. The van der Waals surface area contributed by atoms with E-state index in [-0.39, 0.29) is 23.8 Å². The van der Waals surface area contributed by atoms with Crippen LogP contribution in [0.3, 0.4) is 0 Å². The van der Waals surface area contributed by atoms with Crippen molar-refractivity contribution in [1.82, 2.24) is 19.3 Å². The summed E-state index contributed by atoms with van der Waals surface area (Å²) in [4.78, 5) is 28.4. The predicted molar refractivity (Wildman–Crippen MR) is 111 cm³/mol. The Morgan fingerprint density at radius 1 is 1.17 bits per heavy atom. The molecule has 30 heavy (non-hydrogen) atoms. The van der Waals surface area contributed by atoms with Crippen LogP contribution in [0.4, 0.5) is 5.82 Å². The lowest BCUT2D eigenvalue weighted by molar-refractivity contribution is -0.116. The van der Waals surface area contributed by atoms with Crippen molar-refractivity contribution in [3.05, 3.63) is 70.9 Å². The molecule has 0 bridgehead atoms. The number of para-hydroxylation sites is 2. The average Bonchev–Trinajstić information content (AvgIpc) is 3.24. The minimum atomic E-state index is -0.977. The first-order valence-electron chi connectivity index (χ1n) is 9.58. The molecule has 1 aliphatic heterocycles. The van der Waals surface area contributed by atoms with Gasteiger partial charge in [-0.05, 0) is 36.8 Å². The Morgan fingerprint density at radius 2 is 1.90 bits per heavy atom. The van der Waals surface area contributed by atoms with Gasteiger partial charge in [-0.15, -0.1) is 0 Å². The van der Waals surface area contributed by atoms with Gasteiger partial charge in [-0.2, -0.15) is 9.78 Å². The fourth-order valence-corrected chi connectivity index (χ4v) is 4.16. The summed E-state index contributed by atoms with van der Waals surface area (Å²) in [7, 11) is 1.92. The van der Waals surface area contributed by atoms with Crippen molar-refractivity contribution in [2.45, 2.75) is 19.3 Å². The van der Waals surface area contributed by atoms with Gasteiger partial charge >= 0.3 is 5.97 Å². The molecule has 1 aliphatic rings. The van der Waals surface area contributed by atoms with Gasteiger partial charge < -0.3 is 15.0 Å². The van der Waals surface area contributed by atoms with Crippen LogP contribution in [0.15, 0.2) is 48.5 Å². The molecule has 0 unspecified atom stereocenters. The Hall–Kier alpha value is -3.94. The molecule has 2 N–H and O–H groups in total. The summed E-state index contributed by atoms with van der Waals surface area (Å²) >= 11 is 0. The van der Waals surface area contributed by atoms with Crippen LogP contribution in [0, 0.1) is 6.92 Å². The highest BCUT2D eigenvalue weighted by molar-refractivity contribution is 5.95. The SMILES string of the molecule is Cc1nn(-c2nc3ccccc3n2C)c2c1[C@@H](c1ccc(C(=O)O)cc1)CC(=O)N2. The van der Waals surface area contributed by atoms with E-state index in [9.17, 15) is 9.59 Å². The third-order valence-electron chi connectivity index (χ3n) is 5.62. The first kappa shape index (κ1) is 18.1. The molecule has 0 aliphatic carbocycles. The number of aryl methyl sites for hydroxylation is 2. The number of carboxylic acids is 1. The van der Waals surface area contributed by atoms with Crippen molar-refractivity contribution in [1.29, 1.82) is 0 Å². The van der Waals surface area contributed by atoms with Gasteiger partial charge in [0.2, 0.25) is 11.9 Å². The Bertz CT molecular complexity index is 1320. The largest absolute Gasteiger partial charge is 0.478 e. The second-order valence-electron chi connectivity index (χ2n) is 7.45. The Balaban J connectivity index is 1.66. The second kappa shape index (κ2) is 6.55. The number of rotatable bonds is 3. The second-order valence-corrected chi connectivity index (χ2v) is 7.45. The van der Waals surface area contributed by atoms with E-state index in [4.69, 9.17) is 15.2 Å². The van der Waals surface area contributed by atoms with Crippen LogP contribution in [-0.4, -0.2) is 36.3 Å². The number of nitrogens with zero attached hydrogens (tertiary/aromatic N) is 4. The number of fused-ring (bicyclic) bond motifs is 2. The summed E-state index contributed by atoms with van der Waals surface area (Å²) in [5.74, 6) is -0.0820. The lowest BCUT2D eigenvalue weighted by atomic mass is 9.85. The molecule has 150 valence electrons. The summed E-state index contributed by atoms with van der Waals surface area (Å²) in [6, 6.07) is 14.5. The summed E-state index contributed by atoms with van der Waals surface area (Å²) in [6.45, 7) is 1.91. The molecular weight excluding hydrogens is 382 g/mol. The van der Waals surface area contributed by atoms with E-state index in [0.717, 1.165) is 27.9 Å². The third kappa shape index (κ3) is 2.68. The van der Waals surface area contributed by atoms with E-state index >= 15 is 0 Å². The van der Waals surface area contributed by atoms with Crippen LogP contribution in [0.1, 0.15) is 39.5 Å². The van der Waals surface area contributed by atoms with Crippen LogP contribution in [0.25, 0.3) is 17.0 Å². The van der Waals surface area contributed by atoms with Gasteiger partial charge in [0.1, 0.15) is 5.82 Å². The average molecular weight is 401 g/mol. The van der Waals surface area contributed by atoms with Crippen LogP contribution in [0.2, 0.25) is 0 Å². The number of imidazole rings is 1. The van der Waals surface area contributed by atoms with E-state index in [0.29, 0.717) is 11.8 Å². The Labute approximate surface area is 171 Å². The fraction of sp³-hybridized carbons (Fsp3) is 0.182. The molecule has 1 amide bonds. The van der Waals surface area contributed by atoms with Crippen LogP contribution < -0.4 is 5.32 Å². The first-order chi connectivity index (χ1) is 14.4. The van der Waals surface area contributed by atoms with Gasteiger partial charge in [-0.25, -0.2) is 9.78 Å². The van der Waals surface area contributed by atoms with E-state index in [1.54, 1.807) is 28.9 Å². The van der Waals surface area contributed by atoms with E-state index < -0.39 is 5.97 Å². The van der Waals surface area contributed by atoms with Crippen molar-refractivity contribution in [3.63, 3.8) is 0 Å². The summed E-state index contributed by atoms with van der Waals surface area (Å²) in [5, 5.41) is 16.8. The lowest BCUT2D eigenvalue weighted by Gasteiger charge is -2.24. The molecule has 2 aromatic heterocycles. The van der Waals surface area contributed by atoms with Crippen LogP contribution >= 0.6 is 0 Å². The van der Waals surface area contributed by atoms with E-state index in [2.05, 4.69) is 5.32 Å².